The summed E-state index contributed by atoms with van der Waals surface area (Å²) >= 11 is 0. The molecule has 0 aliphatic carbocycles. The van der Waals surface area contributed by atoms with Crippen molar-refractivity contribution < 1.29 is 14.0 Å². The van der Waals surface area contributed by atoms with E-state index >= 15 is 0 Å². The van der Waals surface area contributed by atoms with Crippen LogP contribution in [-0.2, 0) is 13.0 Å². The molecule has 2 amide bonds. The summed E-state index contributed by atoms with van der Waals surface area (Å²) in [4.78, 5) is 27.0. The first kappa shape index (κ1) is 18.0. The summed E-state index contributed by atoms with van der Waals surface area (Å²) in [6, 6.07) is 15.1. The number of amides is 2. The van der Waals surface area contributed by atoms with E-state index < -0.39 is 0 Å². The van der Waals surface area contributed by atoms with Crippen molar-refractivity contribution in [2.24, 2.45) is 0 Å². The van der Waals surface area contributed by atoms with E-state index in [1.54, 1.807) is 17.0 Å². The number of furan rings is 1. The van der Waals surface area contributed by atoms with Gasteiger partial charge in [-0.3, -0.25) is 9.59 Å². The van der Waals surface area contributed by atoms with Gasteiger partial charge in [-0.1, -0.05) is 23.8 Å². The number of aryl methyl sites for hydroxylation is 2. The smallest absolute Gasteiger partial charge is 0.289 e. The van der Waals surface area contributed by atoms with Gasteiger partial charge in [-0.05, 0) is 67.3 Å². The van der Waals surface area contributed by atoms with Crippen molar-refractivity contribution in [3.8, 4) is 0 Å². The van der Waals surface area contributed by atoms with E-state index in [-0.39, 0.29) is 11.8 Å². The lowest BCUT2D eigenvalue weighted by molar-refractivity contribution is 0.0702. The average Bonchev–Trinajstić information content (AvgIpc) is 3.23. The molecule has 142 valence electrons. The van der Waals surface area contributed by atoms with Crippen molar-refractivity contribution in [3.63, 3.8) is 0 Å². The molecule has 0 atom stereocenters. The first-order chi connectivity index (χ1) is 13.5. The van der Waals surface area contributed by atoms with Gasteiger partial charge in [0.05, 0.1) is 6.26 Å². The Morgan fingerprint density at radius 3 is 2.68 bits per heavy atom. The third-order valence-electron chi connectivity index (χ3n) is 5.13. The van der Waals surface area contributed by atoms with Crippen LogP contribution in [-0.4, -0.2) is 23.3 Å². The lowest BCUT2D eigenvalue weighted by Gasteiger charge is -2.28. The van der Waals surface area contributed by atoms with E-state index in [1.165, 1.54) is 11.8 Å². The summed E-state index contributed by atoms with van der Waals surface area (Å²) in [6.45, 7) is 5.06. The maximum atomic E-state index is 12.7. The minimum atomic E-state index is -0.125. The van der Waals surface area contributed by atoms with Gasteiger partial charge < -0.3 is 14.6 Å². The van der Waals surface area contributed by atoms with Crippen LogP contribution in [0.5, 0.6) is 0 Å². The van der Waals surface area contributed by atoms with Crippen LogP contribution in [0.25, 0.3) is 0 Å². The normalized spacial score (nSPS) is 13.1. The van der Waals surface area contributed by atoms with Crippen LogP contribution in [0.1, 0.15) is 43.2 Å². The molecule has 0 saturated carbocycles. The Balaban J connectivity index is 1.52. The molecule has 0 bridgehead atoms. The second kappa shape index (κ2) is 7.35. The van der Waals surface area contributed by atoms with E-state index in [0.717, 1.165) is 28.8 Å². The molecule has 3 aromatic rings. The highest BCUT2D eigenvalue weighted by molar-refractivity contribution is 6.05. The number of hydrogen-bond acceptors (Lipinski definition) is 3. The Morgan fingerprint density at radius 1 is 1.04 bits per heavy atom. The van der Waals surface area contributed by atoms with Gasteiger partial charge in [-0.25, -0.2) is 0 Å². The molecule has 5 heteroatoms. The van der Waals surface area contributed by atoms with Crippen LogP contribution in [0, 0.1) is 13.8 Å². The molecule has 4 rings (SSSR count). The SMILES string of the molecule is Cc1ccc(C)c(C(=O)Nc2ccc3c(c2)CN(C(=O)c2ccco2)CC3)c1. The largest absolute Gasteiger partial charge is 0.459 e. The van der Waals surface area contributed by atoms with E-state index in [1.807, 2.05) is 50.2 Å². The topological polar surface area (TPSA) is 62.6 Å². The summed E-state index contributed by atoms with van der Waals surface area (Å²) in [5, 5.41) is 2.99. The average molecular weight is 374 g/mol. The van der Waals surface area contributed by atoms with Gasteiger partial charge in [0, 0.05) is 24.3 Å². The maximum Gasteiger partial charge on any atom is 0.289 e. The fraction of sp³-hybridized carbons (Fsp3) is 0.217. The number of carbonyl (C=O) groups is 2. The number of carbonyl (C=O) groups excluding carboxylic acids is 2. The molecule has 0 spiro atoms. The van der Waals surface area contributed by atoms with Crippen molar-refractivity contribution in [3.05, 3.63) is 88.4 Å². The zero-order valence-corrected chi connectivity index (χ0v) is 16.0. The molecule has 0 unspecified atom stereocenters. The summed E-state index contributed by atoms with van der Waals surface area (Å²) in [5.74, 6) is 0.115. The molecular weight excluding hydrogens is 352 g/mol. The Bertz CT molecular complexity index is 1040. The van der Waals surface area contributed by atoms with E-state index in [2.05, 4.69) is 5.32 Å². The molecule has 0 saturated heterocycles. The van der Waals surface area contributed by atoms with Crippen LogP contribution < -0.4 is 5.32 Å². The van der Waals surface area contributed by atoms with Gasteiger partial charge in [-0.15, -0.1) is 0 Å². The van der Waals surface area contributed by atoms with Gasteiger partial charge in [0.2, 0.25) is 0 Å². The number of nitrogens with zero attached hydrogens (tertiary/aromatic N) is 1. The monoisotopic (exact) mass is 374 g/mol. The van der Waals surface area contributed by atoms with Gasteiger partial charge in [-0.2, -0.15) is 0 Å². The van der Waals surface area contributed by atoms with Crippen molar-refractivity contribution in [1.82, 2.24) is 4.90 Å². The Labute approximate surface area is 164 Å². The summed E-state index contributed by atoms with van der Waals surface area (Å²) < 4.78 is 5.23. The molecule has 28 heavy (non-hydrogen) atoms. The highest BCUT2D eigenvalue weighted by Crippen LogP contribution is 2.24. The third-order valence-corrected chi connectivity index (χ3v) is 5.13. The second-order valence-electron chi connectivity index (χ2n) is 7.21. The molecule has 1 aliphatic rings. The number of nitrogens with one attached hydrogen (secondary N) is 1. The van der Waals surface area contributed by atoms with E-state index in [9.17, 15) is 9.59 Å². The highest BCUT2D eigenvalue weighted by atomic mass is 16.3. The molecule has 0 radical (unpaired) electrons. The van der Waals surface area contributed by atoms with E-state index in [0.29, 0.717) is 24.4 Å². The van der Waals surface area contributed by atoms with Gasteiger partial charge in [0.15, 0.2) is 5.76 Å². The van der Waals surface area contributed by atoms with Gasteiger partial charge in [0.25, 0.3) is 11.8 Å². The summed E-state index contributed by atoms with van der Waals surface area (Å²) in [7, 11) is 0. The minimum Gasteiger partial charge on any atom is -0.459 e. The van der Waals surface area contributed by atoms with E-state index in [4.69, 9.17) is 4.42 Å². The third kappa shape index (κ3) is 3.56. The zero-order valence-electron chi connectivity index (χ0n) is 16.0. The lowest BCUT2D eigenvalue weighted by Crippen LogP contribution is -2.35. The van der Waals surface area contributed by atoms with Gasteiger partial charge >= 0.3 is 0 Å². The van der Waals surface area contributed by atoms with Crippen LogP contribution >= 0.6 is 0 Å². The molecule has 5 nitrogen and oxygen atoms in total. The van der Waals surface area contributed by atoms with Crippen LogP contribution in [0.4, 0.5) is 5.69 Å². The van der Waals surface area contributed by atoms with Crippen LogP contribution in [0.15, 0.2) is 59.2 Å². The number of anilines is 1. The lowest BCUT2D eigenvalue weighted by atomic mass is 9.98. The highest BCUT2D eigenvalue weighted by Gasteiger charge is 2.23. The molecule has 1 N–H and O–H groups in total. The maximum absolute atomic E-state index is 12.7. The van der Waals surface area contributed by atoms with Gasteiger partial charge in [0.1, 0.15) is 0 Å². The Hall–Kier alpha value is -3.34. The van der Waals surface area contributed by atoms with Crippen molar-refractivity contribution in [2.75, 3.05) is 11.9 Å². The molecule has 2 heterocycles. The number of fused-ring (bicyclic) bond motifs is 1. The number of rotatable bonds is 3. The zero-order chi connectivity index (χ0) is 19.7. The Morgan fingerprint density at radius 2 is 1.89 bits per heavy atom. The first-order valence-electron chi connectivity index (χ1n) is 9.34. The van der Waals surface area contributed by atoms with Crippen molar-refractivity contribution in [1.29, 1.82) is 0 Å². The van der Waals surface area contributed by atoms with Crippen LogP contribution in [0.3, 0.4) is 0 Å². The summed E-state index contributed by atoms with van der Waals surface area (Å²) in [5.41, 5.74) is 5.65. The molecule has 1 aliphatic heterocycles. The number of benzene rings is 2. The Kier molecular flexibility index (Phi) is 4.74. The van der Waals surface area contributed by atoms with Crippen molar-refractivity contribution >= 4 is 17.5 Å². The fourth-order valence-electron chi connectivity index (χ4n) is 3.54. The van der Waals surface area contributed by atoms with Crippen molar-refractivity contribution in [2.45, 2.75) is 26.8 Å². The number of hydrogen-bond donors (Lipinski definition) is 1. The standard InChI is InChI=1S/C23H22N2O3/c1-15-5-6-16(2)20(12-15)22(26)24-19-8-7-17-9-10-25(14-18(17)13-19)23(27)21-4-3-11-28-21/h3-8,11-13H,9-10,14H2,1-2H3,(H,24,26). The predicted octanol–water partition coefficient (Wildman–Crippen LogP) is 4.35. The molecule has 1 aromatic heterocycles. The fourth-order valence-corrected chi connectivity index (χ4v) is 3.54. The predicted molar refractivity (Wildman–Crippen MR) is 107 cm³/mol. The second-order valence-corrected chi connectivity index (χ2v) is 7.21. The first-order valence-corrected chi connectivity index (χ1v) is 9.34. The molecular formula is C23H22N2O3. The molecule has 2 aromatic carbocycles. The molecule has 0 fully saturated rings. The quantitative estimate of drug-likeness (QED) is 0.741. The minimum absolute atomic E-state index is 0.111. The van der Waals surface area contributed by atoms with Crippen LogP contribution in [0.2, 0.25) is 0 Å². The summed E-state index contributed by atoms with van der Waals surface area (Å²) in [6.07, 6.45) is 2.29.